The highest BCUT2D eigenvalue weighted by atomic mass is 15.2. The highest BCUT2D eigenvalue weighted by Crippen LogP contribution is 2.21. The summed E-state index contributed by atoms with van der Waals surface area (Å²) in [6, 6.07) is 2.67. The van der Waals surface area contributed by atoms with Gasteiger partial charge in [-0.2, -0.15) is 0 Å². The fraction of sp³-hybridized carbons (Fsp3) is 1.00. The molecule has 0 radical (unpaired) electrons. The van der Waals surface area contributed by atoms with Gasteiger partial charge in [0.15, 0.2) is 0 Å². The predicted molar refractivity (Wildman–Crippen MR) is 71.8 cm³/mol. The van der Waals surface area contributed by atoms with Gasteiger partial charge in [0.2, 0.25) is 0 Å². The first-order valence-corrected chi connectivity index (χ1v) is 6.92. The quantitative estimate of drug-likeness (QED) is 0.793. The Morgan fingerprint density at radius 2 is 1.62 bits per heavy atom. The van der Waals surface area contributed by atoms with Crippen LogP contribution in [0.4, 0.5) is 0 Å². The van der Waals surface area contributed by atoms with Crippen LogP contribution in [0.25, 0.3) is 0 Å². The molecule has 2 heteroatoms. The third-order valence-electron chi connectivity index (χ3n) is 3.72. The van der Waals surface area contributed by atoms with Gasteiger partial charge in [0.1, 0.15) is 0 Å². The van der Waals surface area contributed by atoms with Gasteiger partial charge in [-0.3, -0.25) is 4.90 Å². The summed E-state index contributed by atoms with van der Waals surface area (Å²) in [5.74, 6) is 0.877. The van der Waals surface area contributed by atoms with Crippen molar-refractivity contribution in [1.82, 2.24) is 10.2 Å². The number of piperidine rings is 1. The van der Waals surface area contributed by atoms with Gasteiger partial charge in [0, 0.05) is 30.7 Å². The second-order valence-electron chi connectivity index (χ2n) is 6.23. The van der Waals surface area contributed by atoms with Gasteiger partial charge in [-0.1, -0.05) is 6.92 Å². The molecule has 3 unspecified atom stereocenters. The summed E-state index contributed by atoms with van der Waals surface area (Å²) in [7, 11) is 0. The predicted octanol–water partition coefficient (Wildman–Crippen LogP) is 2.88. The van der Waals surface area contributed by atoms with Crippen LogP contribution in [0.2, 0.25) is 0 Å². The second kappa shape index (κ2) is 6.02. The zero-order valence-corrected chi connectivity index (χ0v) is 12.0. The molecule has 1 fully saturated rings. The number of nitrogens with one attached hydrogen (secondary N) is 1. The molecule has 0 saturated carbocycles. The van der Waals surface area contributed by atoms with Gasteiger partial charge in [-0.05, 0) is 53.4 Å². The van der Waals surface area contributed by atoms with Crippen LogP contribution in [0.1, 0.15) is 54.4 Å². The molecule has 2 nitrogen and oxygen atoms in total. The molecule has 0 aromatic carbocycles. The minimum Gasteiger partial charge on any atom is -0.310 e. The lowest BCUT2D eigenvalue weighted by Crippen LogP contribution is -2.52. The van der Waals surface area contributed by atoms with E-state index in [2.05, 4.69) is 51.8 Å². The first-order chi connectivity index (χ1) is 7.40. The van der Waals surface area contributed by atoms with E-state index in [-0.39, 0.29) is 0 Å². The fourth-order valence-electron chi connectivity index (χ4n) is 3.12. The third kappa shape index (κ3) is 4.06. The molecule has 0 aliphatic carbocycles. The van der Waals surface area contributed by atoms with E-state index in [4.69, 9.17) is 0 Å². The molecule has 1 heterocycles. The maximum atomic E-state index is 3.75. The van der Waals surface area contributed by atoms with Crippen LogP contribution in [0, 0.1) is 5.92 Å². The molecule has 1 aliphatic rings. The van der Waals surface area contributed by atoms with Crippen molar-refractivity contribution in [2.45, 2.75) is 78.6 Å². The molecular weight excluding hydrogens is 196 g/mol. The van der Waals surface area contributed by atoms with E-state index in [1.54, 1.807) is 0 Å². The van der Waals surface area contributed by atoms with Crippen molar-refractivity contribution < 1.29 is 0 Å². The minimum absolute atomic E-state index is 0.648. The Hall–Kier alpha value is -0.0800. The van der Waals surface area contributed by atoms with E-state index in [0.29, 0.717) is 24.2 Å². The first kappa shape index (κ1) is 14.0. The zero-order chi connectivity index (χ0) is 12.3. The van der Waals surface area contributed by atoms with E-state index in [1.165, 1.54) is 19.4 Å². The van der Waals surface area contributed by atoms with E-state index in [1.807, 2.05) is 0 Å². The third-order valence-corrected chi connectivity index (χ3v) is 3.72. The van der Waals surface area contributed by atoms with Crippen LogP contribution >= 0.6 is 0 Å². The molecule has 0 amide bonds. The topological polar surface area (TPSA) is 15.3 Å². The van der Waals surface area contributed by atoms with Crippen LogP contribution in [0.3, 0.4) is 0 Å². The van der Waals surface area contributed by atoms with Crippen LogP contribution in [0.5, 0.6) is 0 Å². The van der Waals surface area contributed by atoms with E-state index in [9.17, 15) is 0 Å². The molecule has 0 spiro atoms. The lowest BCUT2D eigenvalue weighted by molar-refractivity contribution is 0.129. The Balaban J connectivity index is 2.50. The Kier molecular flexibility index (Phi) is 5.26. The summed E-state index contributed by atoms with van der Waals surface area (Å²) >= 11 is 0. The van der Waals surface area contributed by atoms with Crippen molar-refractivity contribution in [3.63, 3.8) is 0 Å². The SMILES string of the molecule is CC1CC(C)NC(CN(C(C)C)C(C)C)C1. The summed E-state index contributed by atoms with van der Waals surface area (Å²) in [4.78, 5) is 2.60. The molecule has 3 atom stereocenters. The summed E-state index contributed by atoms with van der Waals surface area (Å²) in [5, 5.41) is 3.75. The molecule has 1 rings (SSSR count). The number of rotatable bonds is 4. The van der Waals surface area contributed by atoms with Crippen molar-refractivity contribution in [1.29, 1.82) is 0 Å². The molecule has 0 bridgehead atoms. The van der Waals surface area contributed by atoms with Crippen molar-refractivity contribution >= 4 is 0 Å². The lowest BCUT2D eigenvalue weighted by atomic mass is 9.89. The average molecular weight is 226 g/mol. The van der Waals surface area contributed by atoms with Gasteiger partial charge in [-0.15, -0.1) is 0 Å². The molecular formula is C14H30N2. The Labute approximate surface area is 102 Å². The van der Waals surface area contributed by atoms with Crippen molar-refractivity contribution in [3.05, 3.63) is 0 Å². The first-order valence-electron chi connectivity index (χ1n) is 6.92. The largest absolute Gasteiger partial charge is 0.310 e. The van der Waals surface area contributed by atoms with Crippen LogP contribution in [-0.4, -0.2) is 35.6 Å². The maximum absolute atomic E-state index is 3.75. The van der Waals surface area contributed by atoms with Gasteiger partial charge in [0.25, 0.3) is 0 Å². The van der Waals surface area contributed by atoms with E-state index < -0.39 is 0 Å². The Morgan fingerprint density at radius 1 is 1.06 bits per heavy atom. The van der Waals surface area contributed by atoms with Crippen molar-refractivity contribution in [3.8, 4) is 0 Å². The highest BCUT2D eigenvalue weighted by molar-refractivity contribution is 4.85. The lowest BCUT2D eigenvalue weighted by Gasteiger charge is -2.39. The van der Waals surface area contributed by atoms with Crippen molar-refractivity contribution in [2.75, 3.05) is 6.54 Å². The summed E-state index contributed by atoms with van der Waals surface area (Å²) in [6.07, 6.45) is 2.67. The number of nitrogens with zero attached hydrogens (tertiary/aromatic N) is 1. The smallest absolute Gasteiger partial charge is 0.0200 e. The maximum Gasteiger partial charge on any atom is 0.0200 e. The van der Waals surface area contributed by atoms with Crippen LogP contribution in [0.15, 0.2) is 0 Å². The molecule has 96 valence electrons. The molecule has 1 N–H and O–H groups in total. The van der Waals surface area contributed by atoms with E-state index in [0.717, 1.165) is 5.92 Å². The monoisotopic (exact) mass is 226 g/mol. The van der Waals surface area contributed by atoms with Gasteiger partial charge in [-0.25, -0.2) is 0 Å². The number of hydrogen-bond acceptors (Lipinski definition) is 2. The second-order valence-corrected chi connectivity index (χ2v) is 6.23. The normalized spacial score (nSPS) is 31.7. The fourth-order valence-corrected chi connectivity index (χ4v) is 3.12. The van der Waals surface area contributed by atoms with Crippen LogP contribution < -0.4 is 5.32 Å². The molecule has 16 heavy (non-hydrogen) atoms. The summed E-state index contributed by atoms with van der Waals surface area (Å²) in [6.45, 7) is 15.1. The zero-order valence-electron chi connectivity index (χ0n) is 12.0. The Morgan fingerprint density at radius 3 is 2.06 bits per heavy atom. The highest BCUT2D eigenvalue weighted by Gasteiger charge is 2.26. The molecule has 0 aromatic rings. The average Bonchev–Trinajstić information content (AvgIpc) is 2.11. The molecule has 1 saturated heterocycles. The van der Waals surface area contributed by atoms with Gasteiger partial charge in [0.05, 0.1) is 0 Å². The molecule has 1 aliphatic heterocycles. The van der Waals surface area contributed by atoms with Gasteiger partial charge >= 0.3 is 0 Å². The standard InChI is InChI=1S/C14H30N2/c1-10(2)16(11(3)4)9-14-8-12(5)7-13(6)15-14/h10-15H,7-9H2,1-6H3. The summed E-state index contributed by atoms with van der Waals surface area (Å²) in [5.41, 5.74) is 0. The Bertz CT molecular complexity index is 183. The van der Waals surface area contributed by atoms with Crippen LogP contribution in [-0.2, 0) is 0 Å². The van der Waals surface area contributed by atoms with Gasteiger partial charge < -0.3 is 5.32 Å². The minimum atomic E-state index is 0.648. The summed E-state index contributed by atoms with van der Waals surface area (Å²) < 4.78 is 0. The number of hydrogen-bond donors (Lipinski definition) is 1. The van der Waals surface area contributed by atoms with Crippen molar-refractivity contribution in [2.24, 2.45) is 5.92 Å². The molecule has 0 aromatic heterocycles. The van der Waals surface area contributed by atoms with E-state index >= 15 is 0 Å².